The summed E-state index contributed by atoms with van der Waals surface area (Å²) in [4.78, 5) is 25.1. The molecule has 0 spiro atoms. The van der Waals surface area contributed by atoms with Crippen molar-refractivity contribution in [2.75, 3.05) is 20.7 Å². The average molecular weight is 263 g/mol. The number of aryl methyl sites for hydroxylation is 2. The van der Waals surface area contributed by atoms with E-state index < -0.39 is 0 Å². The first-order valence-corrected chi connectivity index (χ1v) is 6.27. The molecule has 0 saturated carbocycles. The van der Waals surface area contributed by atoms with Crippen molar-refractivity contribution in [3.63, 3.8) is 0 Å². The number of hydrogen-bond acceptors (Lipinski definition) is 3. The van der Waals surface area contributed by atoms with Crippen LogP contribution in [-0.4, -0.2) is 37.5 Å². The summed E-state index contributed by atoms with van der Waals surface area (Å²) < 4.78 is 4.66. The number of hydrogen-bond donors (Lipinski definition) is 0. The molecule has 1 aromatic carbocycles. The lowest BCUT2D eigenvalue weighted by atomic mass is 10.1. The molecule has 0 N–H and O–H groups in total. The third-order valence-corrected chi connectivity index (χ3v) is 3.25. The first kappa shape index (κ1) is 15.2. The van der Waals surface area contributed by atoms with E-state index in [1.54, 1.807) is 18.9 Å². The molecule has 0 heterocycles. The van der Waals surface area contributed by atoms with Gasteiger partial charge in [-0.2, -0.15) is 0 Å². The third-order valence-electron chi connectivity index (χ3n) is 3.25. The van der Waals surface area contributed by atoms with Crippen molar-refractivity contribution in [1.82, 2.24) is 4.90 Å². The van der Waals surface area contributed by atoms with E-state index in [1.807, 2.05) is 32.0 Å². The Morgan fingerprint density at radius 1 is 1.26 bits per heavy atom. The number of rotatable bonds is 4. The summed E-state index contributed by atoms with van der Waals surface area (Å²) in [5.41, 5.74) is 2.88. The van der Waals surface area contributed by atoms with Crippen LogP contribution in [0, 0.1) is 19.8 Å². The number of carbonyl (C=O) groups excluding carboxylic acids is 2. The molecule has 0 aromatic heterocycles. The maximum Gasteiger partial charge on any atom is 0.310 e. The molecule has 1 amide bonds. The van der Waals surface area contributed by atoms with Crippen LogP contribution in [0.1, 0.15) is 28.4 Å². The van der Waals surface area contributed by atoms with Crippen LogP contribution in [0.15, 0.2) is 18.2 Å². The molecule has 0 bridgehead atoms. The third kappa shape index (κ3) is 3.81. The van der Waals surface area contributed by atoms with E-state index in [2.05, 4.69) is 4.74 Å². The van der Waals surface area contributed by atoms with Crippen LogP contribution in [0.3, 0.4) is 0 Å². The molecule has 0 aliphatic carbocycles. The van der Waals surface area contributed by atoms with Gasteiger partial charge in [0.05, 0.1) is 13.0 Å². The summed E-state index contributed by atoms with van der Waals surface area (Å²) in [6.07, 6.45) is 0. The monoisotopic (exact) mass is 263 g/mol. The van der Waals surface area contributed by atoms with Gasteiger partial charge >= 0.3 is 5.97 Å². The molecule has 4 heteroatoms. The number of methoxy groups -OCH3 is 1. The van der Waals surface area contributed by atoms with E-state index in [0.29, 0.717) is 12.1 Å². The first-order chi connectivity index (χ1) is 8.86. The van der Waals surface area contributed by atoms with Crippen LogP contribution in [0.5, 0.6) is 0 Å². The molecule has 0 fully saturated rings. The Bertz CT molecular complexity index is 482. The van der Waals surface area contributed by atoms with E-state index >= 15 is 0 Å². The average Bonchev–Trinajstić information content (AvgIpc) is 2.39. The summed E-state index contributed by atoms with van der Waals surface area (Å²) in [5.74, 6) is -0.718. The molecule has 0 saturated heterocycles. The summed E-state index contributed by atoms with van der Waals surface area (Å²) in [5, 5.41) is 0. The van der Waals surface area contributed by atoms with Crippen LogP contribution >= 0.6 is 0 Å². The highest BCUT2D eigenvalue weighted by molar-refractivity contribution is 5.94. The van der Waals surface area contributed by atoms with Crippen molar-refractivity contribution in [1.29, 1.82) is 0 Å². The van der Waals surface area contributed by atoms with Gasteiger partial charge in [-0.05, 0) is 37.1 Å². The fourth-order valence-corrected chi connectivity index (χ4v) is 1.86. The number of carbonyl (C=O) groups is 2. The molecule has 1 unspecified atom stereocenters. The highest BCUT2D eigenvalue weighted by Crippen LogP contribution is 2.12. The number of ether oxygens (including phenoxy) is 1. The topological polar surface area (TPSA) is 46.6 Å². The van der Waals surface area contributed by atoms with E-state index in [0.717, 1.165) is 11.1 Å². The Morgan fingerprint density at radius 2 is 1.89 bits per heavy atom. The van der Waals surface area contributed by atoms with E-state index in [4.69, 9.17) is 0 Å². The van der Waals surface area contributed by atoms with Crippen LogP contribution in [0.4, 0.5) is 0 Å². The maximum atomic E-state index is 12.2. The van der Waals surface area contributed by atoms with Crippen molar-refractivity contribution < 1.29 is 14.3 Å². The predicted molar refractivity (Wildman–Crippen MR) is 74.1 cm³/mol. The lowest BCUT2D eigenvalue weighted by molar-refractivity contribution is -0.145. The van der Waals surface area contributed by atoms with Crippen molar-refractivity contribution in [2.24, 2.45) is 5.92 Å². The van der Waals surface area contributed by atoms with Crippen molar-refractivity contribution >= 4 is 11.9 Å². The van der Waals surface area contributed by atoms with E-state index in [1.165, 1.54) is 7.11 Å². The molecule has 0 aliphatic rings. The lowest BCUT2D eigenvalue weighted by Crippen LogP contribution is -2.34. The van der Waals surface area contributed by atoms with Crippen LogP contribution in [0.25, 0.3) is 0 Å². The second-order valence-corrected chi connectivity index (χ2v) is 4.91. The number of nitrogens with zero attached hydrogens (tertiary/aromatic N) is 1. The minimum absolute atomic E-state index is 0.0844. The van der Waals surface area contributed by atoms with Crippen LogP contribution < -0.4 is 0 Å². The Balaban J connectivity index is 2.76. The zero-order chi connectivity index (χ0) is 14.6. The molecule has 1 atom stereocenters. The van der Waals surface area contributed by atoms with Crippen LogP contribution in [-0.2, 0) is 9.53 Å². The van der Waals surface area contributed by atoms with Gasteiger partial charge < -0.3 is 9.64 Å². The number of benzene rings is 1. The highest BCUT2D eigenvalue weighted by Gasteiger charge is 2.19. The smallest absolute Gasteiger partial charge is 0.310 e. The van der Waals surface area contributed by atoms with Gasteiger partial charge in [-0.1, -0.05) is 13.0 Å². The van der Waals surface area contributed by atoms with Gasteiger partial charge in [-0.3, -0.25) is 9.59 Å². The predicted octanol–water partition coefficient (Wildman–Crippen LogP) is 2.18. The van der Waals surface area contributed by atoms with Gasteiger partial charge in [-0.15, -0.1) is 0 Å². The Kier molecular flexibility index (Phi) is 5.10. The van der Waals surface area contributed by atoms with Gasteiger partial charge in [0.1, 0.15) is 0 Å². The van der Waals surface area contributed by atoms with Crippen molar-refractivity contribution in [3.05, 3.63) is 34.9 Å². The highest BCUT2D eigenvalue weighted by atomic mass is 16.5. The number of esters is 1. The normalized spacial score (nSPS) is 11.8. The van der Waals surface area contributed by atoms with E-state index in [9.17, 15) is 9.59 Å². The summed E-state index contributed by atoms with van der Waals surface area (Å²) in [6, 6.07) is 5.61. The summed E-state index contributed by atoms with van der Waals surface area (Å²) in [6.45, 7) is 6.07. The van der Waals surface area contributed by atoms with Gasteiger partial charge in [0.25, 0.3) is 5.91 Å². The molecular formula is C15H21NO3. The molecular weight excluding hydrogens is 242 g/mol. The Morgan fingerprint density at radius 3 is 2.42 bits per heavy atom. The van der Waals surface area contributed by atoms with Crippen molar-refractivity contribution in [3.8, 4) is 0 Å². The van der Waals surface area contributed by atoms with Gasteiger partial charge in [0.2, 0.25) is 0 Å². The number of amides is 1. The molecule has 0 aliphatic heterocycles. The minimum Gasteiger partial charge on any atom is -0.469 e. The molecule has 4 nitrogen and oxygen atoms in total. The minimum atomic E-state index is -0.328. The Hall–Kier alpha value is -1.84. The SMILES string of the molecule is COC(=O)C(C)CN(C)C(=O)c1ccc(C)c(C)c1. The zero-order valence-corrected chi connectivity index (χ0v) is 12.2. The quantitative estimate of drug-likeness (QED) is 0.782. The molecule has 1 rings (SSSR count). The first-order valence-electron chi connectivity index (χ1n) is 6.27. The lowest BCUT2D eigenvalue weighted by Gasteiger charge is -2.20. The van der Waals surface area contributed by atoms with Crippen LogP contribution in [0.2, 0.25) is 0 Å². The maximum absolute atomic E-state index is 12.2. The zero-order valence-electron chi connectivity index (χ0n) is 12.2. The standard InChI is InChI=1S/C15H21NO3/c1-10-6-7-13(8-11(10)2)14(17)16(4)9-12(3)15(18)19-5/h6-8,12H,9H2,1-5H3. The Labute approximate surface area is 114 Å². The summed E-state index contributed by atoms with van der Waals surface area (Å²) in [7, 11) is 3.04. The second-order valence-electron chi connectivity index (χ2n) is 4.91. The fourth-order valence-electron chi connectivity index (χ4n) is 1.86. The second kappa shape index (κ2) is 6.36. The van der Waals surface area contributed by atoms with Gasteiger partial charge in [-0.25, -0.2) is 0 Å². The van der Waals surface area contributed by atoms with Gasteiger partial charge in [0.15, 0.2) is 0 Å². The van der Waals surface area contributed by atoms with Crippen molar-refractivity contribution in [2.45, 2.75) is 20.8 Å². The largest absolute Gasteiger partial charge is 0.469 e. The molecule has 19 heavy (non-hydrogen) atoms. The van der Waals surface area contributed by atoms with Gasteiger partial charge in [0, 0.05) is 19.2 Å². The van der Waals surface area contributed by atoms with E-state index in [-0.39, 0.29) is 17.8 Å². The molecule has 0 radical (unpaired) electrons. The molecule has 104 valence electrons. The summed E-state index contributed by atoms with van der Waals surface area (Å²) >= 11 is 0. The molecule has 1 aromatic rings. The fraction of sp³-hybridized carbons (Fsp3) is 0.467.